The van der Waals surface area contributed by atoms with Crippen LogP contribution in [-0.2, 0) is 6.54 Å². The number of imidazole rings is 1. The van der Waals surface area contributed by atoms with E-state index in [0.29, 0.717) is 17.8 Å². The molecule has 1 saturated heterocycles. The highest BCUT2D eigenvalue weighted by Crippen LogP contribution is 2.23. The molecule has 1 atom stereocenters. The minimum atomic E-state index is -0.306. The van der Waals surface area contributed by atoms with Crippen LogP contribution in [0.25, 0.3) is 11.0 Å². The Morgan fingerprint density at radius 2 is 2.31 bits per heavy atom. The first-order valence-electron chi connectivity index (χ1n) is 8.77. The van der Waals surface area contributed by atoms with Crippen LogP contribution in [0.5, 0.6) is 0 Å². The zero-order valence-electron chi connectivity index (χ0n) is 14.6. The second-order valence-electron chi connectivity index (χ2n) is 6.61. The molecule has 0 unspecified atom stereocenters. The zero-order valence-corrected chi connectivity index (χ0v) is 14.6. The molecule has 0 spiro atoms. The smallest absolute Gasteiger partial charge is 0.271 e. The lowest BCUT2D eigenvalue weighted by molar-refractivity contribution is 0.0955. The molecule has 26 heavy (non-hydrogen) atoms. The first kappa shape index (κ1) is 16.7. The van der Waals surface area contributed by atoms with Gasteiger partial charge in [-0.1, -0.05) is 6.07 Å². The third kappa shape index (κ3) is 3.20. The number of hydrogen-bond donors (Lipinski definition) is 2. The predicted molar refractivity (Wildman–Crippen MR) is 95.2 cm³/mol. The van der Waals surface area contributed by atoms with Crippen molar-refractivity contribution in [2.75, 3.05) is 20.1 Å². The summed E-state index contributed by atoms with van der Waals surface area (Å²) in [6, 6.07) is 6.88. The van der Waals surface area contributed by atoms with Crippen LogP contribution < -0.4 is 5.32 Å². The van der Waals surface area contributed by atoms with Crippen LogP contribution in [0.2, 0.25) is 0 Å². The van der Waals surface area contributed by atoms with E-state index in [-0.39, 0.29) is 17.8 Å². The average Bonchev–Trinajstić information content (AvgIpc) is 3.29. The van der Waals surface area contributed by atoms with Gasteiger partial charge in [-0.3, -0.25) is 14.4 Å². The van der Waals surface area contributed by atoms with Crippen LogP contribution in [0.1, 0.15) is 35.2 Å². The number of carbonyl (C=O) groups excluding carboxylic acids is 1. The Morgan fingerprint density at radius 3 is 3.12 bits per heavy atom. The van der Waals surface area contributed by atoms with Crippen LogP contribution in [0.15, 0.2) is 30.5 Å². The number of benzene rings is 1. The number of piperidine rings is 1. The number of fused-ring (bicyclic) bond motifs is 1. The molecule has 0 aliphatic carbocycles. The summed E-state index contributed by atoms with van der Waals surface area (Å²) < 4.78 is 15.7. The number of carbonyl (C=O) groups is 1. The lowest BCUT2D eigenvalue weighted by Crippen LogP contribution is -2.36. The molecule has 2 N–H and O–H groups in total. The van der Waals surface area contributed by atoms with E-state index < -0.39 is 0 Å². The fourth-order valence-corrected chi connectivity index (χ4v) is 3.52. The highest BCUT2D eigenvalue weighted by Gasteiger charge is 2.23. The first-order chi connectivity index (χ1) is 12.6. The number of aromatic nitrogens is 4. The fourth-order valence-electron chi connectivity index (χ4n) is 3.52. The fraction of sp³-hybridized carbons (Fsp3) is 0.389. The Balaban J connectivity index is 1.47. The molecule has 4 rings (SSSR count). The maximum absolute atomic E-state index is 13.8. The van der Waals surface area contributed by atoms with Gasteiger partial charge in [0.05, 0.1) is 18.1 Å². The van der Waals surface area contributed by atoms with Gasteiger partial charge in [0.2, 0.25) is 0 Å². The zero-order chi connectivity index (χ0) is 18.1. The van der Waals surface area contributed by atoms with Crippen molar-refractivity contribution in [2.45, 2.75) is 25.4 Å². The lowest BCUT2D eigenvalue weighted by atomic mass is 10.1. The van der Waals surface area contributed by atoms with Gasteiger partial charge in [0.1, 0.15) is 17.0 Å². The molecule has 0 radical (unpaired) electrons. The van der Waals surface area contributed by atoms with Crippen molar-refractivity contribution in [3.8, 4) is 0 Å². The molecule has 3 heterocycles. The number of hydrogen-bond acceptors (Lipinski definition) is 4. The summed E-state index contributed by atoms with van der Waals surface area (Å²) in [7, 11) is 1.60. The molecule has 0 saturated carbocycles. The van der Waals surface area contributed by atoms with Gasteiger partial charge in [-0.05, 0) is 37.6 Å². The van der Waals surface area contributed by atoms with Crippen molar-refractivity contribution >= 4 is 16.9 Å². The third-order valence-corrected chi connectivity index (χ3v) is 4.81. The van der Waals surface area contributed by atoms with Crippen molar-refractivity contribution in [3.05, 3.63) is 47.8 Å². The summed E-state index contributed by atoms with van der Waals surface area (Å²) in [6.45, 7) is 2.40. The summed E-state index contributed by atoms with van der Waals surface area (Å²) in [6.07, 6.45) is 3.91. The second-order valence-corrected chi connectivity index (χ2v) is 6.61. The largest absolute Gasteiger partial charge is 0.354 e. The second kappa shape index (κ2) is 6.87. The van der Waals surface area contributed by atoms with Gasteiger partial charge in [0.25, 0.3) is 5.91 Å². The highest BCUT2D eigenvalue weighted by atomic mass is 19.1. The average molecular weight is 356 g/mol. The van der Waals surface area contributed by atoms with Gasteiger partial charge in [-0.15, -0.1) is 0 Å². The molecular formula is C18H21FN6O. The standard InChI is InChI=1S/C18H21FN6O/c1-20-18(26)15-7-9-25(23-15)12-4-3-8-24(10-12)11-16-21-14-6-2-5-13(19)17(14)22-16/h2,5-7,9,12H,3-4,8,10-11H2,1H3,(H,20,26)(H,21,22)/t12-/m1/s1. The maximum Gasteiger partial charge on any atom is 0.271 e. The summed E-state index contributed by atoms with van der Waals surface area (Å²) in [5, 5.41) is 6.99. The van der Waals surface area contributed by atoms with E-state index in [1.54, 1.807) is 19.2 Å². The number of rotatable bonds is 4. The SMILES string of the molecule is CNC(=O)c1ccn([C@@H]2CCCN(Cc3nc4c(F)cccc4[nH]3)C2)n1. The number of nitrogens with one attached hydrogen (secondary N) is 2. The molecule has 1 aromatic carbocycles. The summed E-state index contributed by atoms with van der Waals surface area (Å²) in [5.41, 5.74) is 1.53. The van der Waals surface area contributed by atoms with Crippen LogP contribution in [0, 0.1) is 5.82 Å². The molecule has 1 amide bonds. The number of amides is 1. The number of H-pyrrole nitrogens is 1. The Kier molecular flexibility index (Phi) is 4.42. The quantitative estimate of drug-likeness (QED) is 0.750. The van der Waals surface area contributed by atoms with E-state index in [1.807, 2.05) is 16.9 Å². The monoisotopic (exact) mass is 356 g/mol. The first-order valence-corrected chi connectivity index (χ1v) is 8.77. The van der Waals surface area contributed by atoms with E-state index in [2.05, 4.69) is 25.3 Å². The Hall–Kier alpha value is -2.74. The minimum absolute atomic E-state index is 0.180. The van der Waals surface area contributed by atoms with Crippen LogP contribution in [0.4, 0.5) is 4.39 Å². The normalized spacial score (nSPS) is 18.3. The van der Waals surface area contributed by atoms with Gasteiger partial charge in [0.15, 0.2) is 5.82 Å². The molecule has 3 aromatic rings. The number of likely N-dealkylation sites (tertiary alicyclic amines) is 1. The van der Waals surface area contributed by atoms with Crippen molar-refractivity contribution < 1.29 is 9.18 Å². The summed E-state index contributed by atoms with van der Waals surface area (Å²) in [5.74, 6) is 0.276. The molecule has 8 heteroatoms. The number of halogens is 1. The number of nitrogens with zero attached hydrogens (tertiary/aromatic N) is 4. The molecular weight excluding hydrogens is 335 g/mol. The minimum Gasteiger partial charge on any atom is -0.354 e. The van der Waals surface area contributed by atoms with Gasteiger partial charge >= 0.3 is 0 Å². The Labute approximate surface area is 150 Å². The van der Waals surface area contributed by atoms with Gasteiger partial charge < -0.3 is 10.3 Å². The number of aromatic amines is 1. The predicted octanol–water partition coefficient (Wildman–Crippen LogP) is 2.10. The molecule has 1 aliphatic heterocycles. The van der Waals surface area contributed by atoms with Gasteiger partial charge in [-0.25, -0.2) is 9.37 Å². The van der Waals surface area contributed by atoms with Crippen molar-refractivity contribution in [1.82, 2.24) is 30.0 Å². The summed E-state index contributed by atoms with van der Waals surface area (Å²) >= 11 is 0. The van der Waals surface area contributed by atoms with Crippen molar-refractivity contribution in [3.63, 3.8) is 0 Å². The Morgan fingerprint density at radius 1 is 1.42 bits per heavy atom. The molecule has 0 bridgehead atoms. The molecule has 1 fully saturated rings. The van der Waals surface area contributed by atoms with Crippen molar-refractivity contribution in [2.24, 2.45) is 0 Å². The maximum atomic E-state index is 13.8. The van der Waals surface area contributed by atoms with E-state index in [0.717, 1.165) is 37.3 Å². The van der Waals surface area contributed by atoms with E-state index >= 15 is 0 Å². The highest BCUT2D eigenvalue weighted by molar-refractivity contribution is 5.91. The van der Waals surface area contributed by atoms with Crippen LogP contribution >= 0.6 is 0 Å². The van der Waals surface area contributed by atoms with E-state index in [1.165, 1.54) is 6.07 Å². The van der Waals surface area contributed by atoms with E-state index in [4.69, 9.17) is 0 Å². The molecule has 136 valence electrons. The van der Waals surface area contributed by atoms with Gasteiger partial charge in [-0.2, -0.15) is 5.10 Å². The lowest BCUT2D eigenvalue weighted by Gasteiger charge is -2.32. The molecule has 1 aliphatic rings. The molecule has 2 aromatic heterocycles. The number of para-hydroxylation sites is 1. The molecule has 7 nitrogen and oxygen atoms in total. The third-order valence-electron chi connectivity index (χ3n) is 4.81. The van der Waals surface area contributed by atoms with Crippen LogP contribution in [-0.4, -0.2) is 50.7 Å². The van der Waals surface area contributed by atoms with Crippen molar-refractivity contribution in [1.29, 1.82) is 0 Å². The Bertz CT molecular complexity index is 933. The van der Waals surface area contributed by atoms with E-state index in [9.17, 15) is 9.18 Å². The van der Waals surface area contributed by atoms with Crippen LogP contribution in [0.3, 0.4) is 0 Å². The summed E-state index contributed by atoms with van der Waals surface area (Å²) in [4.78, 5) is 21.6. The topological polar surface area (TPSA) is 78.8 Å². The van der Waals surface area contributed by atoms with Gasteiger partial charge in [0, 0.05) is 19.8 Å².